The Bertz CT molecular complexity index is 212. The molecule has 0 aromatic carbocycles. The second-order valence-electron chi connectivity index (χ2n) is 3.49. The summed E-state index contributed by atoms with van der Waals surface area (Å²) < 4.78 is 0. The molecule has 0 aromatic rings. The first-order valence-corrected chi connectivity index (χ1v) is 4.53. The van der Waals surface area contributed by atoms with E-state index in [9.17, 15) is 15.0 Å². The van der Waals surface area contributed by atoms with Gasteiger partial charge >= 0.3 is 0 Å². The molecule has 0 saturated carbocycles. The van der Waals surface area contributed by atoms with Gasteiger partial charge in [-0.05, 0) is 0 Å². The lowest BCUT2D eigenvalue weighted by atomic mass is 9.94. The van der Waals surface area contributed by atoms with E-state index >= 15 is 0 Å². The van der Waals surface area contributed by atoms with Crippen molar-refractivity contribution in [3.63, 3.8) is 0 Å². The Morgan fingerprint density at radius 3 is 2.64 bits per heavy atom. The van der Waals surface area contributed by atoms with Crippen molar-refractivity contribution in [3.8, 4) is 0 Å². The summed E-state index contributed by atoms with van der Waals surface area (Å²) in [5, 5.41) is 33.2. The van der Waals surface area contributed by atoms with Gasteiger partial charge in [0.25, 0.3) is 0 Å². The van der Waals surface area contributed by atoms with E-state index in [-0.39, 0.29) is 12.5 Å². The van der Waals surface area contributed by atoms with Crippen LogP contribution in [0.3, 0.4) is 0 Å². The highest BCUT2D eigenvalue weighted by molar-refractivity contribution is 5.73. The van der Waals surface area contributed by atoms with Gasteiger partial charge in [-0.1, -0.05) is 0 Å². The second-order valence-corrected chi connectivity index (χ2v) is 3.49. The van der Waals surface area contributed by atoms with E-state index < -0.39 is 24.3 Å². The maximum atomic E-state index is 10.7. The van der Waals surface area contributed by atoms with Gasteiger partial charge in [0.05, 0.1) is 24.8 Å². The van der Waals surface area contributed by atoms with Crippen LogP contribution >= 0.6 is 0 Å². The monoisotopic (exact) mass is 204 g/mol. The van der Waals surface area contributed by atoms with Gasteiger partial charge in [-0.3, -0.25) is 4.79 Å². The van der Waals surface area contributed by atoms with E-state index in [4.69, 9.17) is 5.11 Å². The summed E-state index contributed by atoms with van der Waals surface area (Å²) in [6.45, 7) is 1.44. The molecule has 5 N–H and O–H groups in total. The van der Waals surface area contributed by atoms with Crippen LogP contribution in [0.15, 0.2) is 0 Å². The van der Waals surface area contributed by atoms with Gasteiger partial charge in [-0.2, -0.15) is 0 Å². The van der Waals surface area contributed by atoms with Crippen molar-refractivity contribution in [3.05, 3.63) is 0 Å². The first-order valence-electron chi connectivity index (χ1n) is 4.53. The van der Waals surface area contributed by atoms with E-state index in [2.05, 4.69) is 10.6 Å². The molecule has 1 fully saturated rings. The van der Waals surface area contributed by atoms with Gasteiger partial charge in [0, 0.05) is 13.5 Å². The molecule has 6 nitrogen and oxygen atoms in total. The fraction of sp³-hybridized carbons (Fsp3) is 0.875. The largest absolute Gasteiger partial charge is 0.395 e. The number of amides is 1. The summed E-state index contributed by atoms with van der Waals surface area (Å²) in [6.07, 6.45) is -2.11. The molecule has 0 aliphatic carbocycles. The molecule has 0 spiro atoms. The van der Waals surface area contributed by atoms with Crippen molar-refractivity contribution in [2.45, 2.75) is 31.2 Å². The van der Waals surface area contributed by atoms with Crippen LogP contribution in [0.25, 0.3) is 0 Å². The molecule has 0 radical (unpaired) electrons. The Morgan fingerprint density at radius 1 is 1.50 bits per heavy atom. The maximum Gasteiger partial charge on any atom is 0.217 e. The van der Waals surface area contributed by atoms with E-state index in [1.54, 1.807) is 0 Å². The SMILES string of the molecule is CC(=O)N[C@@H]1CN[C@@H](CO)[C@@H](O)[C@H]1O. The molecule has 1 aliphatic rings. The summed E-state index contributed by atoms with van der Waals surface area (Å²) >= 11 is 0. The van der Waals surface area contributed by atoms with E-state index in [0.717, 1.165) is 0 Å². The molecule has 1 amide bonds. The second kappa shape index (κ2) is 4.70. The van der Waals surface area contributed by atoms with Crippen molar-refractivity contribution in [1.29, 1.82) is 0 Å². The van der Waals surface area contributed by atoms with Crippen molar-refractivity contribution in [2.24, 2.45) is 0 Å². The maximum absolute atomic E-state index is 10.7. The predicted octanol–water partition coefficient (Wildman–Crippen LogP) is -2.82. The summed E-state index contributed by atoms with van der Waals surface area (Å²) in [6, 6.07) is -1.04. The Kier molecular flexibility index (Phi) is 3.82. The number of carbonyl (C=O) groups is 1. The van der Waals surface area contributed by atoms with E-state index in [0.29, 0.717) is 6.54 Å². The van der Waals surface area contributed by atoms with E-state index in [1.165, 1.54) is 6.92 Å². The van der Waals surface area contributed by atoms with Crippen LogP contribution in [-0.4, -0.2) is 58.7 Å². The van der Waals surface area contributed by atoms with Gasteiger partial charge in [0.2, 0.25) is 5.91 Å². The molecule has 6 heteroatoms. The number of rotatable bonds is 2. The van der Waals surface area contributed by atoms with Gasteiger partial charge in [0.1, 0.15) is 6.10 Å². The lowest BCUT2D eigenvalue weighted by molar-refractivity contribution is -0.122. The zero-order chi connectivity index (χ0) is 10.7. The van der Waals surface area contributed by atoms with Crippen LogP contribution in [0.4, 0.5) is 0 Å². The topological polar surface area (TPSA) is 102 Å². The van der Waals surface area contributed by atoms with Crippen LogP contribution in [0.2, 0.25) is 0 Å². The Morgan fingerprint density at radius 2 is 2.14 bits per heavy atom. The van der Waals surface area contributed by atoms with Gasteiger partial charge in [0.15, 0.2) is 0 Å². The molecule has 14 heavy (non-hydrogen) atoms. The van der Waals surface area contributed by atoms with Crippen molar-refractivity contribution in [1.82, 2.24) is 10.6 Å². The zero-order valence-electron chi connectivity index (χ0n) is 7.97. The fourth-order valence-electron chi connectivity index (χ4n) is 1.57. The van der Waals surface area contributed by atoms with Crippen molar-refractivity contribution >= 4 is 5.91 Å². The van der Waals surface area contributed by atoms with Crippen LogP contribution < -0.4 is 10.6 Å². The third kappa shape index (κ3) is 2.42. The average Bonchev–Trinajstić information content (AvgIpc) is 2.13. The first kappa shape index (κ1) is 11.4. The highest BCUT2D eigenvalue weighted by Gasteiger charge is 2.36. The third-order valence-corrected chi connectivity index (χ3v) is 2.36. The molecule has 0 bridgehead atoms. The lowest BCUT2D eigenvalue weighted by Gasteiger charge is -2.37. The zero-order valence-corrected chi connectivity index (χ0v) is 7.97. The molecule has 1 saturated heterocycles. The Labute approximate surface area is 81.9 Å². The molecule has 0 unspecified atom stereocenters. The quantitative estimate of drug-likeness (QED) is 0.334. The summed E-state index contributed by atoms with van der Waals surface area (Å²) in [7, 11) is 0. The molecular weight excluding hydrogens is 188 g/mol. The molecule has 4 atom stereocenters. The Hall–Kier alpha value is -0.690. The number of carbonyl (C=O) groups excluding carboxylic acids is 1. The predicted molar refractivity (Wildman–Crippen MR) is 48.5 cm³/mol. The molecule has 82 valence electrons. The standard InChI is InChI=1S/C8H16N2O4/c1-4(12)10-5-2-9-6(3-11)8(14)7(5)13/h5-9,11,13-14H,2-3H2,1H3,(H,10,12)/t5-,6+,7+,8-/m1/s1. The third-order valence-electron chi connectivity index (χ3n) is 2.36. The van der Waals surface area contributed by atoms with Crippen LogP contribution in [-0.2, 0) is 4.79 Å². The number of aliphatic hydroxyl groups is 3. The lowest BCUT2D eigenvalue weighted by Crippen LogP contribution is -2.65. The molecule has 0 aromatic heterocycles. The average molecular weight is 204 g/mol. The molecule has 1 aliphatic heterocycles. The fourth-order valence-corrected chi connectivity index (χ4v) is 1.57. The minimum absolute atomic E-state index is 0.245. The van der Waals surface area contributed by atoms with Crippen molar-refractivity contribution in [2.75, 3.05) is 13.2 Å². The first-order chi connectivity index (χ1) is 6.56. The number of aliphatic hydroxyl groups excluding tert-OH is 3. The smallest absolute Gasteiger partial charge is 0.217 e. The Balaban J connectivity index is 2.54. The normalized spacial score (nSPS) is 38.0. The van der Waals surface area contributed by atoms with Gasteiger partial charge in [-0.15, -0.1) is 0 Å². The summed E-state index contributed by atoms with van der Waals surface area (Å²) in [5.41, 5.74) is 0. The van der Waals surface area contributed by atoms with E-state index in [1.807, 2.05) is 0 Å². The van der Waals surface area contributed by atoms with Gasteiger partial charge in [-0.25, -0.2) is 0 Å². The highest BCUT2D eigenvalue weighted by atomic mass is 16.3. The molecule has 1 heterocycles. The minimum atomic E-state index is -1.06. The number of nitrogens with one attached hydrogen (secondary N) is 2. The van der Waals surface area contributed by atoms with Crippen LogP contribution in [0, 0.1) is 0 Å². The number of hydrogen-bond acceptors (Lipinski definition) is 5. The summed E-state index contributed by atoms with van der Waals surface area (Å²) in [5.74, 6) is -0.259. The summed E-state index contributed by atoms with van der Waals surface area (Å²) in [4.78, 5) is 10.7. The van der Waals surface area contributed by atoms with Crippen molar-refractivity contribution < 1.29 is 20.1 Å². The number of piperidine rings is 1. The number of hydrogen-bond donors (Lipinski definition) is 5. The van der Waals surface area contributed by atoms with Crippen LogP contribution in [0.1, 0.15) is 6.92 Å². The highest BCUT2D eigenvalue weighted by Crippen LogP contribution is 2.10. The van der Waals surface area contributed by atoms with Gasteiger partial charge < -0.3 is 26.0 Å². The minimum Gasteiger partial charge on any atom is -0.395 e. The molecular formula is C8H16N2O4. The molecule has 1 rings (SSSR count). The van der Waals surface area contributed by atoms with Crippen LogP contribution in [0.5, 0.6) is 0 Å².